The van der Waals surface area contributed by atoms with Crippen LogP contribution in [0, 0.1) is 102 Å². The normalized spacial score (nSPS) is 10.1. The molecule has 69 heavy (non-hydrogen) atoms. The Morgan fingerprint density at radius 3 is 0.812 bits per heavy atom. The van der Waals surface area contributed by atoms with E-state index < -0.39 is 0 Å². The molecule has 0 amide bonds. The van der Waals surface area contributed by atoms with Crippen LogP contribution in [0.2, 0.25) is 30.9 Å². The van der Waals surface area contributed by atoms with Crippen LogP contribution in [0.5, 0.6) is 0 Å². The van der Waals surface area contributed by atoms with Gasteiger partial charge in [0.05, 0.1) is 34.7 Å². The molecule has 0 saturated carbocycles. The van der Waals surface area contributed by atoms with Crippen molar-refractivity contribution in [1.82, 2.24) is 78.2 Å². The number of nitrogens with zero attached hydrogens (tertiary/aromatic N) is 16. The van der Waals surface area contributed by atoms with E-state index in [4.69, 9.17) is 69.6 Å². The van der Waals surface area contributed by atoms with Crippen LogP contribution in [0.25, 0.3) is 0 Å². The largest absolute Gasteiger partial charge is 0.274 e. The van der Waals surface area contributed by atoms with Crippen molar-refractivity contribution in [2.75, 3.05) is 0 Å². The Morgan fingerprint density at radius 1 is 0.377 bits per heavy atom. The summed E-state index contributed by atoms with van der Waals surface area (Å²) in [5, 5.41) is 35.5. The number of hydrogen-bond donors (Lipinski definition) is 0. The Kier molecular flexibility index (Phi) is 25.5. The number of aryl methyl sites for hydroxylation is 14. The molecule has 0 N–H and O–H groups in total. The second kappa shape index (κ2) is 28.2. The fraction of sp³-hybridized carbons (Fsp3) is 0.467. The van der Waals surface area contributed by atoms with Crippen molar-refractivity contribution in [3.05, 3.63) is 134 Å². The molecule has 0 saturated heterocycles. The summed E-state index contributed by atoms with van der Waals surface area (Å²) < 4.78 is 37.9. The fourth-order valence-corrected chi connectivity index (χ4v) is 6.33. The quantitative estimate of drug-likeness (QED) is 0.146. The molecule has 0 atom stereocenters. The van der Waals surface area contributed by atoms with Gasteiger partial charge in [0.2, 0.25) is 11.9 Å². The van der Waals surface area contributed by atoms with Gasteiger partial charge in [-0.05, 0) is 102 Å². The topological polar surface area (TPSA) is 143 Å². The lowest BCUT2D eigenvalue weighted by atomic mass is 10.2. The number of aromatic nitrogens is 16. The molecule has 0 aliphatic rings. The van der Waals surface area contributed by atoms with Crippen LogP contribution in [-0.4, -0.2) is 78.2 Å². The minimum Gasteiger partial charge on any atom is -0.274 e. The minimum atomic E-state index is -0.243. The summed E-state index contributed by atoms with van der Waals surface area (Å²) in [4.78, 5) is 0. The first-order valence-corrected chi connectivity index (χ1v) is 23.3. The molecule has 0 aliphatic carbocycles. The van der Waals surface area contributed by atoms with Gasteiger partial charge < -0.3 is 0 Å². The van der Waals surface area contributed by atoms with Crippen LogP contribution in [0.15, 0.2) is 18.5 Å². The van der Waals surface area contributed by atoms with Gasteiger partial charge in [-0.15, -0.1) is 0 Å². The molecule has 8 aromatic heterocycles. The maximum absolute atomic E-state index is 12.7. The molecule has 0 bridgehead atoms. The number of halogens is 8. The molecule has 0 radical (unpaired) electrons. The highest BCUT2D eigenvalue weighted by Crippen LogP contribution is 2.21. The molecule has 24 heteroatoms. The molecule has 382 valence electrons. The van der Waals surface area contributed by atoms with Crippen LogP contribution in [0.4, 0.5) is 8.78 Å². The van der Waals surface area contributed by atoms with Crippen molar-refractivity contribution in [2.45, 2.75) is 90.0 Å². The molecule has 0 aromatic carbocycles. The summed E-state index contributed by atoms with van der Waals surface area (Å²) in [7, 11) is 14.2. The Balaban J connectivity index is 0.000000395. The van der Waals surface area contributed by atoms with Crippen molar-refractivity contribution in [3.8, 4) is 0 Å². The van der Waals surface area contributed by atoms with Gasteiger partial charge in [-0.1, -0.05) is 69.6 Å². The third-order valence-corrected chi connectivity index (χ3v) is 13.2. The Morgan fingerprint density at radius 2 is 0.725 bits per heavy atom. The van der Waals surface area contributed by atoms with Crippen molar-refractivity contribution in [3.63, 3.8) is 0 Å². The molecule has 0 unspecified atom stereocenters. The summed E-state index contributed by atoms with van der Waals surface area (Å²) in [6.07, 6.45) is 3.53. The zero-order valence-electron chi connectivity index (χ0n) is 43.4. The predicted octanol–water partition coefficient (Wildman–Crippen LogP) is 11.6. The zero-order valence-corrected chi connectivity index (χ0v) is 47.9. The standard InChI is InChI=1S/C7H12N2.2C6H9ClN2.2C6H9FN2.C5H6Cl2N2.C5H7ClN2.C4H5ClN2/c1-5-6(2)8-9(4)7(5)3;4*1-4-5(2)8-9(3)6(4)7;1-3-4(6)8-9(2)5(3)7;1-4-3-8(2)7-5(4)6;1-7-4(5)2-3-6-7/h1-4H3;4*1-3H3;1-2H3;3H,1-2H3;2-3H,1H3. The lowest BCUT2D eigenvalue weighted by molar-refractivity contribution is 0.498. The SMILES string of the molecule is Cc1c(Cl)nn(C)c1Cl.Cc1cn(C)nc1Cl.Cc1nn(C)c(C)c1C.Cc1nn(C)c(Cl)c1C.Cc1nn(C)c(Cl)c1C.Cc1nn(C)c(F)c1C.Cc1nn(C)c(F)c1C.Cn1nccc1Cl. The highest BCUT2D eigenvalue weighted by Gasteiger charge is 2.09. The summed E-state index contributed by atoms with van der Waals surface area (Å²) in [6, 6.07) is 1.74. The monoisotopic (exact) mass is 1080 g/mol. The maximum atomic E-state index is 12.7. The van der Waals surface area contributed by atoms with E-state index in [1.165, 1.54) is 20.6 Å². The summed E-state index contributed by atoms with van der Waals surface area (Å²) in [6.45, 7) is 24.8. The van der Waals surface area contributed by atoms with Gasteiger partial charge in [-0.3, -0.25) is 28.1 Å². The van der Waals surface area contributed by atoms with E-state index in [0.717, 1.165) is 61.0 Å². The number of rotatable bonds is 0. The van der Waals surface area contributed by atoms with Crippen LogP contribution in [-0.2, 0) is 56.4 Å². The maximum Gasteiger partial charge on any atom is 0.214 e. The van der Waals surface area contributed by atoms with E-state index in [0.29, 0.717) is 31.7 Å². The molecule has 16 nitrogen and oxygen atoms in total. The van der Waals surface area contributed by atoms with Crippen molar-refractivity contribution in [2.24, 2.45) is 56.4 Å². The summed E-state index contributed by atoms with van der Waals surface area (Å²) in [5.74, 6) is -0.486. The van der Waals surface area contributed by atoms with Crippen molar-refractivity contribution < 1.29 is 8.78 Å². The third kappa shape index (κ3) is 18.5. The third-order valence-electron chi connectivity index (χ3n) is 10.5. The van der Waals surface area contributed by atoms with E-state index in [2.05, 4.69) is 54.6 Å². The molecular weight excluding hydrogens is 1020 g/mol. The molecule has 0 spiro atoms. The smallest absolute Gasteiger partial charge is 0.214 e. The summed E-state index contributed by atoms with van der Waals surface area (Å²) in [5.41, 5.74) is 12.5. The second-order valence-corrected chi connectivity index (χ2v) is 18.0. The lowest BCUT2D eigenvalue weighted by Crippen LogP contribution is -1.93. The van der Waals surface area contributed by atoms with Crippen LogP contribution in [0.1, 0.15) is 73.1 Å². The first-order chi connectivity index (χ1) is 31.8. The van der Waals surface area contributed by atoms with E-state index >= 15 is 0 Å². The first-order valence-electron chi connectivity index (χ1n) is 21.0. The Labute approximate surface area is 435 Å². The van der Waals surface area contributed by atoms with Crippen LogP contribution in [0.3, 0.4) is 0 Å². The van der Waals surface area contributed by atoms with Crippen LogP contribution >= 0.6 is 69.6 Å². The van der Waals surface area contributed by atoms with Gasteiger partial charge in [-0.25, -0.2) is 9.36 Å². The highest BCUT2D eigenvalue weighted by molar-refractivity contribution is 6.35. The van der Waals surface area contributed by atoms with Crippen molar-refractivity contribution in [1.29, 1.82) is 0 Å². The molecule has 0 fully saturated rings. The second-order valence-electron chi connectivity index (χ2n) is 15.8. The average Bonchev–Trinajstić information content (AvgIpc) is 4.12. The zero-order chi connectivity index (χ0) is 53.5. The van der Waals surface area contributed by atoms with Gasteiger partial charge in [-0.2, -0.15) is 49.6 Å². The lowest BCUT2D eigenvalue weighted by Gasteiger charge is -1.90. The first kappa shape index (κ1) is 62.3. The highest BCUT2D eigenvalue weighted by atomic mass is 35.5. The fourth-order valence-electron chi connectivity index (χ4n) is 5.34. The molecule has 8 rings (SSSR count). The van der Waals surface area contributed by atoms with Crippen molar-refractivity contribution >= 4 is 69.6 Å². The summed E-state index contributed by atoms with van der Waals surface area (Å²) >= 11 is 34.1. The van der Waals surface area contributed by atoms with E-state index in [1.807, 2.05) is 87.5 Å². The van der Waals surface area contributed by atoms with Gasteiger partial charge >= 0.3 is 0 Å². The van der Waals surface area contributed by atoms with E-state index in [9.17, 15) is 8.78 Å². The van der Waals surface area contributed by atoms with Gasteiger partial charge in [0.15, 0.2) is 10.3 Å². The van der Waals surface area contributed by atoms with E-state index in [1.54, 1.807) is 91.6 Å². The molecular formula is C45H66Cl6F2N16. The van der Waals surface area contributed by atoms with Gasteiger partial charge in [0.25, 0.3) is 0 Å². The van der Waals surface area contributed by atoms with Gasteiger partial charge in [0, 0.05) is 102 Å². The molecule has 8 heterocycles. The minimum absolute atomic E-state index is 0.243. The molecule has 0 aliphatic heterocycles. The number of hydrogen-bond acceptors (Lipinski definition) is 8. The van der Waals surface area contributed by atoms with Crippen LogP contribution < -0.4 is 0 Å². The predicted molar refractivity (Wildman–Crippen MR) is 277 cm³/mol. The van der Waals surface area contributed by atoms with E-state index in [-0.39, 0.29) is 11.9 Å². The average molecular weight is 1080 g/mol. The Hall–Kier alpha value is -4.72. The Bertz CT molecular complexity index is 2310. The van der Waals surface area contributed by atoms with Gasteiger partial charge in [0.1, 0.15) is 20.6 Å². The molecule has 8 aromatic rings.